The van der Waals surface area contributed by atoms with Gasteiger partial charge in [-0.3, -0.25) is 9.59 Å². The van der Waals surface area contributed by atoms with Crippen LogP contribution < -0.4 is 15.4 Å². The van der Waals surface area contributed by atoms with Crippen LogP contribution in [0.15, 0.2) is 24.3 Å². The molecule has 2 N–H and O–H groups in total. The predicted molar refractivity (Wildman–Crippen MR) is 105 cm³/mol. The Hall–Kier alpha value is -2.87. The van der Waals surface area contributed by atoms with Gasteiger partial charge in [-0.2, -0.15) is 0 Å². The highest BCUT2D eigenvalue weighted by atomic mass is 32.1. The number of carbonyl (C=O) groups is 3. The second-order valence-corrected chi connectivity index (χ2v) is 7.10. The summed E-state index contributed by atoms with van der Waals surface area (Å²) in [6.45, 7) is 5.13. The fourth-order valence-corrected chi connectivity index (χ4v) is 3.38. The van der Waals surface area contributed by atoms with Crippen molar-refractivity contribution >= 4 is 39.8 Å². The highest BCUT2D eigenvalue weighted by molar-refractivity contribution is 7.18. The fourth-order valence-electron chi connectivity index (χ4n) is 2.28. The van der Waals surface area contributed by atoms with Crippen molar-refractivity contribution in [2.75, 3.05) is 24.9 Å². The molecule has 0 spiro atoms. The van der Waals surface area contributed by atoms with Crippen LogP contribution in [0.1, 0.15) is 39.4 Å². The van der Waals surface area contributed by atoms with Crippen molar-refractivity contribution in [3.05, 3.63) is 40.3 Å². The number of ether oxygens (including phenoxy) is 2. The molecule has 144 valence electrons. The van der Waals surface area contributed by atoms with Crippen LogP contribution in [0.25, 0.3) is 0 Å². The van der Waals surface area contributed by atoms with Crippen molar-refractivity contribution < 1.29 is 23.9 Å². The van der Waals surface area contributed by atoms with E-state index in [9.17, 15) is 14.4 Å². The number of rotatable bonds is 6. The molecule has 1 aromatic heterocycles. The van der Waals surface area contributed by atoms with Crippen LogP contribution in [0.4, 0.5) is 10.7 Å². The molecule has 0 fully saturated rings. The summed E-state index contributed by atoms with van der Waals surface area (Å²) in [6, 6.07) is 6.88. The number of benzene rings is 1. The Morgan fingerprint density at radius 3 is 2.19 bits per heavy atom. The lowest BCUT2D eigenvalue weighted by atomic mass is 10.1. The molecule has 0 aliphatic heterocycles. The van der Waals surface area contributed by atoms with E-state index < -0.39 is 5.97 Å². The van der Waals surface area contributed by atoms with Crippen LogP contribution >= 0.6 is 11.3 Å². The van der Waals surface area contributed by atoms with Crippen molar-refractivity contribution in [2.45, 2.75) is 20.8 Å². The highest BCUT2D eigenvalue weighted by Gasteiger charge is 2.26. The Kier molecular flexibility index (Phi) is 6.57. The van der Waals surface area contributed by atoms with Crippen LogP contribution in [0.3, 0.4) is 0 Å². The van der Waals surface area contributed by atoms with Gasteiger partial charge >= 0.3 is 5.97 Å². The summed E-state index contributed by atoms with van der Waals surface area (Å²) in [5.41, 5.74) is 1.23. The van der Waals surface area contributed by atoms with Crippen molar-refractivity contribution in [1.82, 2.24) is 0 Å². The number of methoxy groups -OCH3 is 2. The molecule has 2 aromatic rings. The summed E-state index contributed by atoms with van der Waals surface area (Å²) >= 11 is 1.04. The molecule has 1 heterocycles. The van der Waals surface area contributed by atoms with Crippen LogP contribution in [0.2, 0.25) is 0 Å². The first kappa shape index (κ1) is 20.4. The predicted octanol–water partition coefficient (Wildman–Crippen LogP) is 3.70. The molecule has 0 atom stereocenters. The number of anilines is 2. The van der Waals surface area contributed by atoms with Crippen molar-refractivity contribution in [3.63, 3.8) is 0 Å². The van der Waals surface area contributed by atoms with Crippen molar-refractivity contribution in [1.29, 1.82) is 0 Å². The quantitative estimate of drug-likeness (QED) is 0.734. The largest absolute Gasteiger partial charge is 0.497 e. The van der Waals surface area contributed by atoms with Gasteiger partial charge in [-0.1, -0.05) is 13.8 Å². The minimum atomic E-state index is -0.605. The molecule has 2 rings (SSSR count). The van der Waals surface area contributed by atoms with Crippen LogP contribution in [-0.4, -0.2) is 32.0 Å². The van der Waals surface area contributed by atoms with Crippen LogP contribution in [0.5, 0.6) is 5.75 Å². The Bertz CT molecular complexity index is 856. The first-order valence-electron chi connectivity index (χ1n) is 8.26. The number of nitrogens with one attached hydrogen (secondary N) is 2. The lowest BCUT2D eigenvalue weighted by Crippen LogP contribution is -2.19. The van der Waals surface area contributed by atoms with Gasteiger partial charge in [0.2, 0.25) is 5.91 Å². The minimum Gasteiger partial charge on any atom is -0.497 e. The molecule has 0 bridgehead atoms. The van der Waals surface area contributed by atoms with Crippen molar-refractivity contribution in [2.24, 2.45) is 5.92 Å². The Morgan fingerprint density at radius 1 is 1.04 bits per heavy atom. The second kappa shape index (κ2) is 8.68. The molecule has 0 aliphatic carbocycles. The molecule has 2 amide bonds. The maximum absolute atomic E-state index is 12.7. The van der Waals surface area contributed by atoms with E-state index in [1.165, 1.54) is 7.11 Å². The van der Waals surface area contributed by atoms with E-state index in [0.717, 1.165) is 11.3 Å². The number of thiophene rings is 1. The first-order chi connectivity index (χ1) is 12.8. The summed E-state index contributed by atoms with van der Waals surface area (Å²) < 4.78 is 9.90. The van der Waals surface area contributed by atoms with Gasteiger partial charge in [0, 0.05) is 11.6 Å². The fraction of sp³-hybridized carbons (Fsp3) is 0.316. The summed E-state index contributed by atoms with van der Waals surface area (Å²) in [5, 5.41) is 5.78. The van der Waals surface area contributed by atoms with Crippen LogP contribution in [0, 0.1) is 12.8 Å². The number of hydrogen-bond donors (Lipinski definition) is 2. The molecular formula is C19H22N2O5S. The molecule has 8 heteroatoms. The summed E-state index contributed by atoms with van der Waals surface area (Å²) in [4.78, 5) is 37.2. The monoisotopic (exact) mass is 390 g/mol. The SMILES string of the molecule is COC(=O)c1c(NC(=O)C(C)C)sc(C(=O)Nc2ccc(OC)cc2)c1C. The molecule has 0 unspecified atom stereocenters. The third-order valence-corrected chi connectivity index (χ3v) is 5.06. The zero-order chi connectivity index (χ0) is 20.1. The average molecular weight is 390 g/mol. The van der Waals surface area contributed by atoms with E-state index in [0.29, 0.717) is 26.9 Å². The van der Waals surface area contributed by atoms with Gasteiger partial charge in [0.05, 0.1) is 24.7 Å². The van der Waals surface area contributed by atoms with Gasteiger partial charge < -0.3 is 20.1 Å². The van der Waals surface area contributed by atoms with Gasteiger partial charge in [-0.15, -0.1) is 11.3 Å². The topological polar surface area (TPSA) is 93.7 Å². The molecule has 0 saturated carbocycles. The van der Waals surface area contributed by atoms with E-state index in [1.807, 2.05) is 0 Å². The Morgan fingerprint density at radius 2 is 1.67 bits per heavy atom. The van der Waals surface area contributed by atoms with Gasteiger partial charge in [-0.05, 0) is 36.8 Å². The number of hydrogen-bond acceptors (Lipinski definition) is 6. The van der Waals surface area contributed by atoms with Gasteiger partial charge in [0.1, 0.15) is 10.8 Å². The highest BCUT2D eigenvalue weighted by Crippen LogP contribution is 2.34. The third-order valence-electron chi connectivity index (χ3n) is 3.85. The Labute approximate surface area is 161 Å². The molecular weight excluding hydrogens is 368 g/mol. The van der Waals surface area contributed by atoms with E-state index >= 15 is 0 Å². The van der Waals surface area contributed by atoms with Gasteiger partial charge in [-0.25, -0.2) is 4.79 Å². The normalized spacial score (nSPS) is 10.4. The maximum Gasteiger partial charge on any atom is 0.341 e. The Balaban J connectivity index is 2.34. The lowest BCUT2D eigenvalue weighted by molar-refractivity contribution is -0.118. The maximum atomic E-state index is 12.7. The van der Waals surface area contributed by atoms with Crippen molar-refractivity contribution in [3.8, 4) is 5.75 Å². The molecule has 1 aromatic carbocycles. The van der Waals surface area contributed by atoms with E-state index in [4.69, 9.17) is 9.47 Å². The third kappa shape index (κ3) is 4.65. The summed E-state index contributed by atoms with van der Waals surface area (Å²) in [7, 11) is 2.81. The second-order valence-electron chi connectivity index (χ2n) is 6.08. The average Bonchev–Trinajstić information content (AvgIpc) is 2.97. The summed E-state index contributed by atoms with van der Waals surface area (Å²) in [6.07, 6.45) is 0. The summed E-state index contributed by atoms with van der Waals surface area (Å²) in [5.74, 6) is -0.825. The van der Waals surface area contributed by atoms with Gasteiger partial charge in [0.15, 0.2) is 0 Å². The number of esters is 1. The zero-order valence-corrected chi connectivity index (χ0v) is 16.7. The number of amides is 2. The van der Waals surface area contributed by atoms with Crippen LogP contribution in [-0.2, 0) is 9.53 Å². The smallest absolute Gasteiger partial charge is 0.341 e. The molecule has 7 nitrogen and oxygen atoms in total. The lowest BCUT2D eigenvalue weighted by Gasteiger charge is -2.07. The minimum absolute atomic E-state index is 0.191. The van der Waals surface area contributed by atoms with Gasteiger partial charge in [0.25, 0.3) is 5.91 Å². The molecule has 27 heavy (non-hydrogen) atoms. The first-order valence-corrected chi connectivity index (χ1v) is 9.08. The molecule has 0 radical (unpaired) electrons. The number of carbonyl (C=O) groups excluding carboxylic acids is 3. The molecule has 0 aliphatic rings. The standard InChI is InChI=1S/C19H22N2O5S/c1-10(2)16(22)21-18-14(19(24)26-5)11(3)15(27-18)17(23)20-12-6-8-13(25-4)9-7-12/h6-10H,1-5H3,(H,20,23)(H,21,22). The zero-order valence-electron chi connectivity index (χ0n) is 15.8. The molecule has 0 saturated heterocycles. The van der Waals surface area contributed by atoms with E-state index in [1.54, 1.807) is 52.1 Å². The van der Waals surface area contributed by atoms with E-state index in [2.05, 4.69) is 10.6 Å². The van der Waals surface area contributed by atoms with E-state index in [-0.39, 0.29) is 23.3 Å².